The van der Waals surface area contributed by atoms with Crippen molar-refractivity contribution in [2.24, 2.45) is 11.3 Å². The molecule has 1 N–H and O–H groups in total. The Labute approximate surface area is 183 Å². The molecule has 1 aliphatic carbocycles. The van der Waals surface area contributed by atoms with E-state index in [0.717, 1.165) is 30.9 Å². The van der Waals surface area contributed by atoms with Gasteiger partial charge >= 0.3 is 0 Å². The number of likely N-dealkylation sites (tertiary alicyclic amines) is 2. The highest BCUT2D eigenvalue weighted by Crippen LogP contribution is 2.43. The van der Waals surface area contributed by atoms with Crippen LogP contribution in [0, 0.1) is 11.3 Å². The lowest BCUT2D eigenvalue weighted by Gasteiger charge is -2.48. The molecule has 31 heavy (non-hydrogen) atoms. The van der Waals surface area contributed by atoms with E-state index in [1.807, 2.05) is 34.1 Å². The van der Waals surface area contributed by atoms with E-state index in [9.17, 15) is 14.7 Å². The van der Waals surface area contributed by atoms with Crippen molar-refractivity contribution in [2.45, 2.75) is 38.2 Å². The highest BCUT2D eigenvalue weighted by atomic mass is 16.5. The number of hydrogen-bond acceptors (Lipinski definition) is 5. The number of para-hydroxylation sites is 1. The minimum absolute atomic E-state index is 0.0376. The van der Waals surface area contributed by atoms with E-state index in [2.05, 4.69) is 4.90 Å². The number of amides is 2. The summed E-state index contributed by atoms with van der Waals surface area (Å²) in [6.07, 6.45) is 3.72. The summed E-state index contributed by atoms with van der Waals surface area (Å²) < 4.78 is 5.46. The Hall–Kier alpha value is -2.12. The smallest absolute Gasteiger partial charge is 0.255 e. The van der Waals surface area contributed by atoms with Gasteiger partial charge in [0.25, 0.3) is 5.91 Å². The molecular formula is C24H33N3O4. The lowest BCUT2D eigenvalue weighted by Crippen LogP contribution is -2.58. The third-order valence-electron chi connectivity index (χ3n) is 7.47. The number of carbonyl (C=O) groups is 2. The van der Waals surface area contributed by atoms with E-state index < -0.39 is 11.5 Å². The van der Waals surface area contributed by atoms with Crippen molar-refractivity contribution in [1.82, 2.24) is 9.80 Å². The van der Waals surface area contributed by atoms with Crippen LogP contribution >= 0.6 is 0 Å². The maximum Gasteiger partial charge on any atom is 0.255 e. The zero-order valence-electron chi connectivity index (χ0n) is 18.2. The standard InChI is InChI=1S/C24H33N3O4/c28-19-15-24(23(30)27(17-19)16-18-5-6-18)7-9-26(10-8-24)22(29)20-3-1-2-4-21(20)25-11-13-31-14-12-25/h1-4,18-19,28H,5-17H2. The summed E-state index contributed by atoms with van der Waals surface area (Å²) in [5.74, 6) is 0.853. The van der Waals surface area contributed by atoms with Crippen molar-refractivity contribution in [3.63, 3.8) is 0 Å². The van der Waals surface area contributed by atoms with Gasteiger partial charge in [0.1, 0.15) is 0 Å². The molecule has 1 spiro atoms. The van der Waals surface area contributed by atoms with Gasteiger partial charge in [0.2, 0.25) is 5.91 Å². The van der Waals surface area contributed by atoms with Crippen LogP contribution in [0.15, 0.2) is 24.3 Å². The molecule has 4 fully saturated rings. The predicted molar refractivity (Wildman–Crippen MR) is 117 cm³/mol. The molecule has 4 aliphatic rings. The molecule has 2 amide bonds. The third-order valence-corrected chi connectivity index (χ3v) is 7.47. The van der Waals surface area contributed by atoms with Crippen LogP contribution in [-0.4, -0.2) is 85.3 Å². The predicted octanol–water partition coefficient (Wildman–Crippen LogP) is 1.75. The molecule has 1 saturated carbocycles. The van der Waals surface area contributed by atoms with Crippen LogP contribution in [0.4, 0.5) is 5.69 Å². The molecule has 5 rings (SSSR count). The van der Waals surface area contributed by atoms with Crippen molar-refractivity contribution >= 4 is 17.5 Å². The summed E-state index contributed by atoms with van der Waals surface area (Å²) in [6, 6.07) is 7.81. The van der Waals surface area contributed by atoms with Crippen LogP contribution < -0.4 is 4.90 Å². The monoisotopic (exact) mass is 427 g/mol. The summed E-state index contributed by atoms with van der Waals surface area (Å²) in [4.78, 5) is 32.7. The number of hydrogen-bond donors (Lipinski definition) is 1. The average molecular weight is 428 g/mol. The van der Waals surface area contributed by atoms with Crippen LogP contribution in [0.1, 0.15) is 42.5 Å². The molecule has 3 aliphatic heterocycles. The Morgan fingerprint density at radius 1 is 1.10 bits per heavy atom. The van der Waals surface area contributed by atoms with E-state index in [0.29, 0.717) is 58.0 Å². The van der Waals surface area contributed by atoms with E-state index >= 15 is 0 Å². The van der Waals surface area contributed by atoms with Crippen LogP contribution in [0.2, 0.25) is 0 Å². The van der Waals surface area contributed by atoms with Crippen molar-refractivity contribution in [3.05, 3.63) is 29.8 Å². The molecule has 1 aromatic carbocycles. The lowest BCUT2D eigenvalue weighted by atomic mass is 9.70. The Morgan fingerprint density at radius 3 is 2.52 bits per heavy atom. The Kier molecular flexibility index (Phi) is 5.65. The number of benzene rings is 1. The first kappa shape index (κ1) is 20.8. The first-order valence-electron chi connectivity index (χ1n) is 11.7. The van der Waals surface area contributed by atoms with Crippen LogP contribution in [0.25, 0.3) is 0 Å². The quantitative estimate of drug-likeness (QED) is 0.793. The van der Waals surface area contributed by atoms with Gasteiger partial charge in [0.15, 0.2) is 0 Å². The Bertz CT molecular complexity index is 824. The zero-order chi connectivity index (χ0) is 21.4. The van der Waals surface area contributed by atoms with Gasteiger partial charge in [-0.25, -0.2) is 0 Å². The van der Waals surface area contributed by atoms with E-state index in [4.69, 9.17) is 4.74 Å². The molecule has 168 valence electrons. The molecule has 1 aromatic rings. The molecule has 7 nitrogen and oxygen atoms in total. The highest BCUT2D eigenvalue weighted by Gasteiger charge is 2.49. The molecule has 1 unspecified atom stereocenters. The third kappa shape index (κ3) is 4.17. The highest BCUT2D eigenvalue weighted by molar-refractivity contribution is 6.00. The topological polar surface area (TPSA) is 73.3 Å². The van der Waals surface area contributed by atoms with Crippen LogP contribution in [-0.2, 0) is 9.53 Å². The second-order valence-corrected chi connectivity index (χ2v) is 9.70. The number of anilines is 1. The number of nitrogens with zero attached hydrogens (tertiary/aromatic N) is 3. The van der Waals surface area contributed by atoms with E-state index in [-0.39, 0.29) is 11.8 Å². The average Bonchev–Trinajstić information content (AvgIpc) is 3.62. The van der Waals surface area contributed by atoms with Gasteiger partial charge in [-0.1, -0.05) is 12.1 Å². The molecule has 0 aromatic heterocycles. The fourth-order valence-electron chi connectivity index (χ4n) is 5.51. The second kappa shape index (κ2) is 8.43. The fraction of sp³-hybridized carbons (Fsp3) is 0.667. The van der Waals surface area contributed by atoms with Crippen LogP contribution in [0.5, 0.6) is 0 Å². The van der Waals surface area contributed by atoms with Gasteiger partial charge in [-0.2, -0.15) is 0 Å². The minimum Gasteiger partial charge on any atom is -0.391 e. The van der Waals surface area contributed by atoms with Gasteiger partial charge in [0.05, 0.1) is 30.3 Å². The summed E-state index contributed by atoms with van der Waals surface area (Å²) in [7, 11) is 0. The number of carbonyl (C=O) groups excluding carboxylic acids is 2. The summed E-state index contributed by atoms with van der Waals surface area (Å²) in [5.41, 5.74) is 1.19. The van der Waals surface area contributed by atoms with Gasteiger partial charge in [-0.15, -0.1) is 0 Å². The molecule has 3 saturated heterocycles. The van der Waals surface area contributed by atoms with Gasteiger partial charge in [-0.3, -0.25) is 9.59 Å². The Balaban J connectivity index is 1.28. The summed E-state index contributed by atoms with van der Waals surface area (Å²) in [6.45, 7) is 5.30. The van der Waals surface area contributed by atoms with E-state index in [1.165, 1.54) is 12.8 Å². The van der Waals surface area contributed by atoms with Crippen molar-refractivity contribution < 1.29 is 19.4 Å². The zero-order valence-corrected chi connectivity index (χ0v) is 18.2. The molecule has 0 radical (unpaired) electrons. The fourth-order valence-corrected chi connectivity index (χ4v) is 5.51. The maximum atomic E-state index is 13.4. The first-order valence-corrected chi connectivity index (χ1v) is 11.7. The molecule has 1 atom stereocenters. The van der Waals surface area contributed by atoms with Gasteiger partial charge in [0, 0.05) is 45.0 Å². The largest absolute Gasteiger partial charge is 0.391 e. The van der Waals surface area contributed by atoms with Crippen LogP contribution in [0.3, 0.4) is 0 Å². The Morgan fingerprint density at radius 2 is 1.81 bits per heavy atom. The summed E-state index contributed by atoms with van der Waals surface area (Å²) >= 11 is 0. The summed E-state index contributed by atoms with van der Waals surface area (Å²) in [5, 5.41) is 10.5. The van der Waals surface area contributed by atoms with E-state index in [1.54, 1.807) is 0 Å². The minimum atomic E-state index is -0.507. The number of β-amino-alcohol motifs (C(OH)–C–C–N with tert-alkyl or cyclic N) is 1. The van der Waals surface area contributed by atoms with Crippen molar-refractivity contribution in [1.29, 1.82) is 0 Å². The normalized spacial score (nSPS) is 26.4. The lowest BCUT2D eigenvalue weighted by molar-refractivity contribution is -0.156. The van der Waals surface area contributed by atoms with Crippen molar-refractivity contribution in [2.75, 3.05) is 57.4 Å². The molecule has 0 bridgehead atoms. The second-order valence-electron chi connectivity index (χ2n) is 9.70. The van der Waals surface area contributed by atoms with Gasteiger partial charge < -0.3 is 24.5 Å². The number of morpholine rings is 1. The first-order chi connectivity index (χ1) is 15.1. The molecular weight excluding hydrogens is 394 g/mol. The molecule has 3 heterocycles. The van der Waals surface area contributed by atoms with Crippen molar-refractivity contribution in [3.8, 4) is 0 Å². The molecule has 7 heteroatoms. The van der Waals surface area contributed by atoms with Gasteiger partial charge in [-0.05, 0) is 50.2 Å². The number of aliphatic hydroxyl groups is 1. The maximum absolute atomic E-state index is 13.4. The number of piperidine rings is 2. The SMILES string of the molecule is O=C(c1ccccc1N1CCOCC1)N1CCC2(CC1)CC(O)CN(CC1CC1)C2=O. The number of aliphatic hydroxyl groups excluding tert-OH is 1. The number of rotatable bonds is 4. The number of ether oxygens (including phenoxy) is 1.